The average molecular weight is 283 g/mol. The van der Waals surface area contributed by atoms with Gasteiger partial charge in [0.25, 0.3) is 0 Å². The highest BCUT2D eigenvalue weighted by molar-refractivity contribution is 5.46. The molecule has 1 rings (SSSR count). The maximum atomic E-state index is 13.2. The zero-order valence-corrected chi connectivity index (χ0v) is 9.87. The fraction of sp³-hybridized carbons (Fsp3) is 0.455. The Kier molecular flexibility index (Phi) is 6.37. The highest BCUT2D eigenvalue weighted by Crippen LogP contribution is 2.22. The van der Waals surface area contributed by atoms with Crippen LogP contribution in [0.25, 0.3) is 0 Å². The van der Waals surface area contributed by atoms with Crippen LogP contribution in [0, 0.1) is 11.6 Å². The highest BCUT2D eigenvalue weighted by atomic mass is 19.3. The van der Waals surface area contributed by atoms with E-state index < -0.39 is 18.2 Å². The summed E-state index contributed by atoms with van der Waals surface area (Å²) >= 11 is 0. The van der Waals surface area contributed by atoms with Crippen molar-refractivity contribution in [3.63, 3.8) is 0 Å². The molecule has 8 heteroatoms. The van der Waals surface area contributed by atoms with E-state index in [1.54, 1.807) is 0 Å². The van der Waals surface area contributed by atoms with Gasteiger partial charge in [-0.15, -0.1) is 0 Å². The molecule has 19 heavy (non-hydrogen) atoms. The van der Waals surface area contributed by atoms with Crippen molar-refractivity contribution in [3.8, 4) is 5.75 Å². The number of nitrogens with two attached hydrogens (primary N) is 1. The van der Waals surface area contributed by atoms with Crippen LogP contribution in [-0.4, -0.2) is 33.0 Å². The Hall–Kier alpha value is -1.54. The Labute approximate surface area is 107 Å². The van der Waals surface area contributed by atoms with Gasteiger partial charge in [0.2, 0.25) is 0 Å². The summed E-state index contributed by atoms with van der Waals surface area (Å²) in [4.78, 5) is 0. The van der Waals surface area contributed by atoms with Crippen LogP contribution in [-0.2, 0) is 9.47 Å². The van der Waals surface area contributed by atoms with Gasteiger partial charge in [-0.25, -0.2) is 8.78 Å². The predicted molar refractivity (Wildman–Crippen MR) is 59.0 cm³/mol. The van der Waals surface area contributed by atoms with Crippen LogP contribution in [0.3, 0.4) is 0 Å². The minimum atomic E-state index is -2.84. The molecule has 0 saturated heterocycles. The summed E-state index contributed by atoms with van der Waals surface area (Å²) < 4.78 is 62.9. The average Bonchev–Trinajstić information content (AvgIpc) is 2.33. The lowest BCUT2D eigenvalue weighted by atomic mass is 10.3. The first-order chi connectivity index (χ1) is 9.00. The molecule has 0 amide bonds. The number of alkyl halides is 2. The van der Waals surface area contributed by atoms with Crippen LogP contribution < -0.4 is 10.5 Å². The van der Waals surface area contributed by atoms with Crippen molar-refractivity contribution >= 4 is 5.69 Å². The Morgan fingerprint density at radius 3 is 2.37 bits per heavy atom. The van der Waals surface area contributed by atoms with Gasteiger partial charge in [0, 0.05) is 12.1 Å². The van der Waals surface area contributed by atoms with Crippen molar-refractivity contribution in [3.05, 3.63) is 23.8 Å². The topological polar surface area (TPSA) is 53.7 Å². The molecular formula is C11H13F4NO3. The Morgan fingerprint density at radius 1 is 1.00 bits per heavy atom. The third-order valence-corrected chi connectivity index (χ3v) is 2.01. The summed E-state index contributed by atoms with van der Waals surface area (Å²) in [6.45, 7) is -3.12. The molecule has 1 aromatic carbocycles. The molecule has 0 aliphatic carbocycles. The molecule has 108 valence electrons. The predicted octanol–water partition coefficient (Wildman–Crippen LogP) is 2.18. The van der Waals surface area contributed by atoms with Gasteiger partial charge in [-0.3, -0.25) is 0 Å². The van der Waals surface area contributed by atoms with Crippen LogP contribution >= 0.6 is 0 Å². The fourth-order valence-corrected chi connectivity index (χ4v) is 1.16. The molecular weight excluding hydrogens is 270 g/mol. The molecule has 0 atom stereocenters. The van der Waals surface area contributed by atoms with Crippen LogP contribution in [0.15, 0.2) is 12.1 Å². The van der Waals surface area contributed by atoms with E-state index in [4.69, 9.17) is 15.2 Å². The van der Waals surface area contributed by atoms with Gasteiger partial charge in [0.1, 0.15) is 12.4 Å². The smallest absolute Gasteiger partial charge is 0.345 e. The van der Waals surface area contributed by atoms with Crippen molar-refractivity contribution in [2.24, 2.45) is 0 Å². The maximum absolute atomic E-state index is 13.2. The number of halogens is 4. The summed E-state index contributed by atoms with van der Waals surface area (Å²) in [6.07, 6.45) is 0. The molecule has 0 heterocycles. The number of benzene rings is 1. The number of ether oxygens (including phenoxy) is 3. The lowest BCUT2D eigenvalue weighted by Crippen LogP contribution is -2.12. The minimum Gasteiger partial charge on any atom is -0.488 e. The molecule has 0 unspecified atom stereocenters. The number of hydrogen-bond donors (Lipinski definition) is 1. The third kappa shape index (κ3) is 5.75. The Balaban J connectivity index is 2.21. The fourth-order valence-electron chi connectivity index (χ4n) is 1.16. The summed E-state index contributed by atoms with van der Waals surface area (Å²) in [5, 5.41) is 0. The summed E-state index contributed by atoms with van der Waals surface area (Å²) in [7, 11) is 0. The van der Waals surface area contributed by atoms with E-state index >= 15 is 0 Å². The van der Waals surface area contributed by atoms with E-state index in [-0.39, 0.29) is 37.9 Å². The number of nitrogen functional groups attached to an aromatic ring is 1. The van der Waals surface area contributed by atoms with Crippen molar-refractivity contribution in [2.45, 2.75) is 6.61 Å². The van der Waals surface area contributed by atoms with E-state index in [1.807, 2.05) is 0 Å². The molecule has 0 bridgehead atoms. The first-order valence-corrected chi connectivity index (χ1v) is 5.35. The largest absolute Gasteiger partial charge is 0.488 e. The molecule has 0 aromatic heterocycles. The second-order valence-corrected chi connectivity index (χ2v) is 3.40. The van der Waals surface area contributed by atoms with Gasteiger partial charge in [-0.05, 0) is 0 Å². The Morgan fingerprint density at radius 2 is 1.68 bits per heavy atom. The van der Waals surface area contributed by atoms with Gasteiger partial charge in [-0.2, -0.15) is 8.78 Å². The first kappa shape index (κ1) is 15.5. The molecule has 4 nitrogen and oxygen atoms in total. The third-order valence-electron chi connectivity index (χ3n) is 2.01. The van der Waals surface area contributed by atoms with E-state index in [2.05, 4.69) is 4.74 Å². The van der Waals surface area contributed by atoms with Crippen LogP contribution in [0.5, 0.6) is 5.75 Å². The number of rotatable bonds is 8. The normalized spacial score (nSPS) is 11.0. The molecule has 2 N–H and O–H groups in total. The second kappa shape index (κ2) is 7.80. The van der Waals surface area contributed by atoms with Gasteiger partial charge in [0.05, 0.1) is 25.5 Å². The summed E-state index contributed by atoms with van der Waals surface area (Å²) in [6, 6.07) is 1.63. The van der Waals surface area contributed by atoms with Gasteiger partial charge in [0.15, 0.2) is 11.6 Å². The molecule has 0 spiro atoms. The SMILES string of the molecule is Nc1cc(OCCOCCOC(F)F)c(F)cc1F. The number of anilines is 1. The number of hydrogen-bond acceptors (Lipinski definition) is 4. The van der Waals surface area contributed by atoms with Crippen LogP contribution in [0.4, 0.5) is 23.2 Å². The van der Waals surface area contributed by atoms with E-state index in [0.29, 0.717) is 6.07 Å². The molecule has 0 saturated carbocycles. The van der Waals surface area contributed by atoms with E-state index in [1.165, 1.54) is 0 Å². The molecule has 0 aliphatic rings. The van der Waals surface area contributed by atoms with Crippen molar-refractivity contribution in [2.75, 3.05) is 32.2 Å². The summed E-state index contributed by atoms with van der Waals surface area (Å²) in [5.74, 6) is -1.95. The van der Waals surface area contributed by atoms with Crippen LogP contribution in [0.2, 0.25) is 0 Å². The van der Waals surface area contributed by atoms with Crippen molar-refractivity contribution in [1.29, 1.82) is 0 Å². The van der Waals surface area contributed by atoms with Crippen molar-refractivity contribution < 1.29 is 31.8 Å². The first-order valence-electron chi connectivity index (χ1n) is 5.35. The maximum Gasteiger partial charge on any atom is 0.345 e. The monoisotopic (exact) mass is 283 g/mol. The van der Waals surface area contributed by atoms with Gasteiger partial charge >= 0.3 is 6.61 Å². The molecule has 0 fully saturated rings. The van der Waals surface area contributed by atoms with Crippen molar-refractivity contribution in [1.82, 2.24) is 0 Å². The minimum absolute atomic E-state index is 0.0311. The Bertz CT molecular complexity index is 404. The molecule has 1 aromatic rings. The van der Waals surface area contributed by atoms with Gasteiger partial charge in [-0.1, -0.05) is 0 Å². The van der Waals surface area contributed by atoms with E-state index in [9.17, 15) is 17.6 Å². The second-order valence-electron chi connectivity index (χ2n) is 3.40. The standard InChI is InChI=1S/C11H13F4NO3/c12-7-5-8(13)10(6-9(7)16)18-3-1-17-2-4-19-11(14)15/h5-6,11H,1-4,16H2. The van der Waals surface area contributed by atoms with Crippen LogP contribution in [0.1, 0.15) is 0 Å². The molecule has 0 aliphatic heterocycles. The zero-order chi connectivity index (χ0) is 14.3. The summed E-state index contributed by atoms with van der Waals surface area (Å²) in [5.41, 5.74) is 5.01. The van der Waals surface area contributed by atoms with E-state index in [0.717, 1.165) is 6.07 Å². The highest BCUT2D eigenvalue weighted by Gasteiger charge is 2.08. The quantitative estimate of drug-likeness (QED) is 0.451. The lowest BCUT2D eigenvalue weighted by molar-refractivity contribution is -0.139. The lowest BCUT2D eigenvalue weighted by Gasteiger charge is -2.09. The van der Waals surface area contributed by atoms with Gasteiger partial charge < -0.3 is 19.9 Å². The molecule has 0 radical (unpaired) electrons. The zero-order valence-electron chi connectivity index (χ0n) is 9.87.